The van der Waals surface area contributed by atoms with Crippen LogP contribution in [0.2, 0.25) is 5.02 Å². The summed E-state index contributed by atoms with van der Waals surface area (Å²) in [5.74, 6) is -1.06. The Bertz CT molecular complexity index is 936. The Morgan fingerprint density at radius 2 is 1.76 bits per heavy atom. The van der Waals surface area contributed by atoms with E-state index >= 15 is 0 Å². The van der Waals surface area contributed by atoms with Crippen LogP contribution in [0.4, 0.5) is 5.69 Å². The van der Waals surface area contributed by atoms with Crippen LogP contribution < -0.4 is 11.1 Å². The molecule has 3 amide bonds. The molecule has 0 atom stereocenters. The van der Waals surface area contributed by atoms with E-state index in [1.54, 1.807) is 23.1 Å². The summed E-state index contributed by atoms with van der Waals surface area (Å²) in [4.78, 5) is 38.0. The molecule has 0 aromatic heterocycles. The summed E-state index contributed by atoms with van der Waals surface area (Å²) in [6, 6.07) is 14.2. The number of benzene rings is 2. The largest absolute Gasteiger partial charge is 0.366 e. The van der Waals surface area contributed by atoms with Crippen molar-refractivity contribution < 1.29 is 14.4 Å². The van der Waals surface area contributed by atoms with Crippen molar-refractivity contribution in [3.05, 3.63) is 70.8 Å². The van der Waals surface area contributed by atoms with Crippen molar-refractivity contribution in [2.45, 2.75) is 12.8 Å². The molecule has 0 radical (unpaired) electrons. The first-order chi connectivity index (χ1) is 13.9. The molecule has 6 nitrogen and oxygen atoms in total. The Balaban J connectivity index is 1.53. The van der Waals surface area contributed by atoms with E-state index in [0.717, 1.165) is 5.56 Å². The highest BCUT2D eigenvalue weighted by molar-refractivity contribution is 6.34. The van der Waals surface area contributed by atoms with Gasteiger partial charge in [0.2, 0.25) is 17.7 Å². The topological polar surface area (TPSA) is 92.5 Å². The van der Waals surface area contributed by atoms with Crippen LogP contribution in [0.25, 0.3) is 6.08 Å². The van der Waals surface area contributed by atoms with Gasteiger partial charge in [-0.2, -0.15) is 0 Å². The second kappa shape index (κ2) is 9.39. The number of primary amides is 1. The molecule has 0 unspecified atom stereocenters. The summed E-state index contributed by atoms with van der Waals surface area (Å²) >= 11 is 5.93. The van der Waals surface area contributed by atoms with Gasteiger partial charge < -0.3 is 16.0 Å². The van der Waals surface area contributed by atoms with Gasteiger partial charge in [0.25, 0.3) is 0 Å². The quantitative estimate of drug-likeness (QED) is 0.739. The van der Waals surface area contributed by atoms with Crippen molar-refractivity contribution in [3.63, 3.8) is 0 Å². The molecule has 29 heavy (non-hydrogen) atoms. The molecule has 0 bridgehead atoms. The van der Waals surface area contributed by atoms with Crippen molar-refractivity contribution in [2.75, 3.05) is 18.4 Å². The maximum Gasteiger partial charge on any atom is 0.250 e. The lowest BCUT2D eigenvalue weighted by Crippen LogP contribution is -2.40. The molecule has 7 heteroatoms. The molecule has 2 aromatic rings. The van der Waals surface area contributed by atoms with Gasteiger partial charge in [-0.05, 0) is 42.7 Å². The highest BCUT2D eigenvalue weighted by Gasteiger charge is 2.26. The fourth-order valence-corrected chi connectivity index (χ4v) is 3.45. The van der Waals surface area contributed by atoms with Gasteiger partial charge in [0, 0.05) is 30.8 Å². The van der Waals surface area contributed by atoms with Gasteiger partial charge >= 0.3 is 0 Å². The molecule has 3 N–H and O–H groups in total. The van der Waals surface area contributed by atoms with Crippen LogP contribution in [0.3, 0.4) is 0 Å². The first kappa shape index (κ1) is 20.6. The SMILES string of the molecule is NC(=O)c1cc(NC(=O)C2CCN(C(=O)/C=C/c3ccccc3)CC2)ccc1Cl. The number of halogens is 1. The third-order valence-corrected chi connectivity index (χ3v) is 5.22. The number of nitrogens with two attached hydrogens (primary N) is 1. The monoisotopic (exact) mass is 411 g/mol. The molecular weight excluding hydrogens is 390 g/mol. The Labute approximate surface area is 174 Å². The van der Waals surface area contributed by atoms with Crippen molar-refractivity contribution in [3.8, 4) is 0 Å². The van der Waals surface area contributed by atoms with Gasteiger partial charge in [0.1, 0.15) is 0 Å². The molecule has 150 valence electrons. The van der Waals surface area contributed by atoms with Crippen LogP contribution in [0.15, 0.2) is 54.6 Å². The van der Waals surface area contributed by atoms with E-state index in [1.807, 2.05) is 30.3 Å². The minimum atomic E-state index is -0.651. The zero-order chi connectivity index (χ0) is 20.8. The van der Waals surface area contributed by atoms with E-state index in [4.69, 9.17) is 17.3 Å². The third-order valence-electron chi connectivity index (χ3n) is 4.89. The van der Waals surface area contributed by atoms with Crippen molar-refractivity contribution in [2.24, 2.45) is 11.7 Å². The van der Waals surface area contributed by atoms with Gasteiger partial charge in [0.05, 0.1) is 10.6 Å². The molecule has 1 aliphatic heterocycles. The summed E-state index contributed by atoms with van der Waals surface area (Å²) in [7, 11) is 0. The summed E-state index contributed by atoms with van der Waals surface area (Å²) < 4.78 is 0. The van der Waals surface area contributed by atoms with E-state index in [2.05, 4.69) is 5.32 Å². The first-order valence-corrected chi connectivity index (χ1v) is 9.74. The smallest absolute Gasteiger partial charge is 0.250 e. The van der Waals surface area contributed by atoms with E-state index < -0.39 is 5.91 Å². The average Bonchev–Trinajstić information content (AvgIpc) is 2.74. The Morgan fingerprint density at radius 1 is 1.07 bits per heavy atom. The summed E-state index contributed by atoms with van der Waals surface area (Å²) in [6.45, 7) is 1.03. The van der Waals surface area contributed by atoms with Gasteiger partial charge in [-0.15, -0.1) is 0 Å². The average molecular weight is 412 g/mol. The highest BCUT2D eigenvalue weighted by Crippen LogP contribution is 2.23. The first-order valence-electron chi connectivity index (χ1n) is 9.36. The Morgan fingerprint density at radius 3 is 2.41 bits per heavy atom. The number of carbonyl (C=O) groups excluding carboxylic acids is 3. The van der Waals surface area contributed by atoms with E-state index in [1.165, 1.54) is 12.1 Å². The molecule has 0 spiro atoms. The van der Waals surface area contributed by atoms with Crippen LogP contribution in [0.5, 0.6) is 0 Å². The standard InChI is InChI=1S/C22H22ClN3O3/c23-19-8-7-17(14-18(19)21(24)28)25-22(29)16-10-12-26(13-11-16)20(27)9-6-15-4-2-1-3-5-15/h1-9,14,16H,10-13H2,(H2,24,28)(H,25,29)/b9-6+. The molecular formula is C22H22ClN3O3. The Hall–Kier alpha value is -3.12. The van der Waals surface area contributed by atoms with E-state index in [-0.39, 0.29) is 28.3 Å². The lowest BCUT2D eigenvalue weighted by atomic mass is 9.95. The molecule has 0 saturated carbocycles. The summed E-state index contributed by atoms with van der Waals surface area (Å²) in [5.41, 5.74) is 6.88. The van der Waals surface area contributed by atoms with Gasteiger partial charge in [0.15, 0.2) is 0 Å². The second-order valence-electron chi connectivity index (χ2n) is 6.89. The van der Waals surface area contributed by atoms with E-state index in [9.17, 15) is 14.4 Å². The number of hydrogen-bond acceptors (Lipinski definition) is 3. The summed E-state index contributed by atoms with van der Waals surface area (Å²) in [5, 5.41) is 3.04. The predicted molar refractivity (Wildman–Crippen MR) is 113 cm³/mol. The van der Waals surface area contributed by atoms with Gasteiger partial charge in [-0.3, -0.25) is 14.4 Å². The normalized spacial score (nSPS) is 14.7. The minimum Gasteiger partial charge on any atom is -0.366 e. The zero-order valence-electron chi connectivity index (χ0n) is 15.8. The summed E-state index contributed by atoms with van der Waals surface area (Å²) in [6.07, 6.45) is 4.51. The highest BCUT2D eigenvalue weighted by atomic mass is 35.5. The number of amides is 3. The number of nitrogens with zero attached hydrogens (tertiary/aromatic N) is 1. The fourth-order valence-electron chi connectivity index (χ4n) is 3.24. The molecule has 0 aliphatic carbocycles. The second-order valence-corrected chi connectivity index (χ2v) is 7.30. The molecule has 1 fully saturated rings. The third kappa shape index (κ3) is 5.45. The number of hydrogen-bond donors (Lipinski definition) is 2. The maximum absolute atomic E-state index is 12.5. The molecule has 1 heterocycles. The number of anilines is 1. The van der Waals surface area contributed by atoms with Crippen LogP contribution in [0.1, 0.15) is 28.8 Å². The van der Waals surface area contributed by atoms with Crippen LogP contribution in [-0.2, 0) is 9.59 Å². The van der Waals surface area contributed by atoms with Gasteiger partial charge in [-0.25, -0.2) is 0 Å². The van der Waals surface area contributed by atoms with Gasteiger partial charge in [-0.1, -0.05) is 41.9 Å². The fraction of sp³-hybridized carbons (Fsp3) is 0.227. The Kier molecular flexibility index (Phi) is 6.67. The van der Waals surface area contributed by atoms with Crippen molar-refractivity contribution in [1.29, 1.82) is 0 Å². The zero-order valence-corrected chi connectivity index (χ0v) is 16.6. The minimum absolute atomic E-state index is 0.0588. The molecule has 1 aliphatic rings. The van der Waals surface area contributed by atoms with Crippen molar-refractivity contribution in [1.82, 2.24) is 4.90 Å². The van der Waals surface area contributed by atoms with Crippen molar-refractivity contribution >= 4 is 41.1 Å². The van der Waals surface area contributed by atoms with E-state index in [0.29, 0.717) is 31.6 Å². The number of piperidine rings is 1. The van der Waals surface area contributed by atoms with Crippen LogP contribution >= 0.6 is 11.6 Å². The predicted octanol–water partition coefficient (Wildman–Crippen LogP) is 3.33. The molecule has 2 aromatic carbocycles. The lowest BCUT2D eigenvalue weighted by Gasteiger charge is -2.30. The molecule has 3 rings (SSSR count). The van der Waals surface area contributed by atoms with Crippen LogP contribution in [-0.4, -0.2) is 35.7 Å². The number of likely N-dealkylation sites (tertiary alicyclic amines) is 1. The lowest BCUT2D eigenvalue weighted by molar-refractivity contribution is -0.130. The number of rotatable bonds is 5. The molecule has 1 saturated heterocycles. The number of nitrogens with one attached hydrogen (secondary N) is 1. The number of carbonyl (C=O) groups is 3. The maximum atomic E-state index is 12.5. The van der Waals surface area contributed by atoms with Crippen LogP contribution in [0, 0.1) is 5.92 Å².